The second-order valence-electron chi connectivity index (χ2n) is 4.24. The van der Waals surface area contributed by atoms with Gasteiger partial charge in [-0.3, -0.25) is 0 Å². The number of nitrogens with two attached hydrogens (primary N) is 1. The zero-order chi connectivity index (χ0) is 12.0. The molecule has 1 heterocycles. The lowest BCUT2D eigenvalue weighted by molar-refractivity contribution is -0.138. The van der Waals surface area contributed by atoms with Gasteiger partial charge in [-0.15, -0.1) is 12.4 Å². The summed E-state index contributed by atoms with van der Waals surface area (Å²) in [6.45, 7) is 2.52. The molecule has 0 amide bonds. The third kappa shape index (κ3) is 2.41. The highest BCUT2D eigenvalue weighted by Gasteiger charge is 2.39. The topological polar surface area (TPSA) is 38.0 Å². The molecule has 1 aromatic rings. The van der Waals surface area contributed by atoms with Crippen molar-refractivity contribution in [2.24, 2.45) is 5.73 Å². The van der Waals surface area contributed by atoms with Gasteiger partial charge in [0.2, 0.25) is 0 Å². The van der Waals surface area contributed by atoms with Crippen LogP contribution in [0.4, 0.5) is 13.2 Å². The van der Waals surface area contributed by atoms with Crippen LogP contribution in [-0.4, -0.2) is 13.1 Å². The largest absolute Gasteiger partial charge is 0.416 e. The van der Waals surface area contributed by atoms with Crippen LogP contribution in [0.3, 0.4) is 0 Å². The molecule has 0 radical (unpaired) electrons. The Bertz CT molecular complexity index is 414. The molecule has 1 fully saturated rings. The molecule has 0 spiro atoms. The van der Waals surface area contributed by atoms with Crippen LogP contribution in [0, 0.1) is 6.92 Å². The number of halogens is 4. The van der Waals surface area contributed by atoms with Crippen molar-refractivity contribution in [2.75, 3.05) is 13.1 Å². The minimum Gasteiger partial charge on any atom is -0.319 e. The molecule has 0 bridgehead atoms. The van der Waals surface area contributed by atoms with Crippen LogP contribution in [0.5, 0.6) is 0 Å². The van der Waals surface area contributed by atoms with Crippen LogP contribution >= 0.6 is 12.4 Å². The van der Waals surface area contributed by atoms with E-state index in [1.165, 1.54) is 13.0 Å². The van der Waals surface area contributed by atoms with Gasteiger partial charge in [0, 0.05) is 13.1 Å². The van der Waals surface area contributed by atoms with E-state index in [9.17, 15) is 13.2 Å². The second kappa shape index (κ2) is 4.48. The number of hydrogen-bond acceptors (Lipinski definition) is 2. The number of benzene rings is 1. The van der Waals surface area contributed by atoms with E-state index in [0.29, 0.717) is 18.7 Å². The van der Waals surface area contributed by atoms with Crippen molar-refractivity contribution in [2.45, 2.75) is 18.6 Å². The van der Waals surface area contributed by atoms with Crippen molar-refractivity contribution in [3.63, 3.8) is 0 Å². The summed E-state index contributed by atoms with van der Waals surface area (Å²) < 4.78 is 38.0. The molecule has 2 nitrogen and oxygen atoms in total. The molecule has 1 aliphatic heterocycles. The highest BCUT2D eigenvalue weighted by Crippen LogP contribution is 2.36. The highest BCUT2D eigenvalue weighted by atomic mass is 35.5. The quantitative estimate of drug-likeness (QED) is 0.818. The van der Waals surface area contributed by atoms with E-state index in [0.717, 1.165) is 6.07 Å². The van der Waals surface area contributed by atoms with Crippen molar-refractivity contribution in [3.05, 3.63) is 34.9 Å². The average molecular weight is 267 g/mol. The number of rotatable bonds is 1. The molecule has 96 valence electrons. The molecule has 0 atom stereocenters. The minimum absolute atomic E-state index is 0. The van der Waals surface area contributed by atoms with Crippen LogP contribution in [0.2, 0.25) is 0 Å². The predicted octanol–water partition coefficient (Wildman–Crippen LogP) is 2.19. The van der Waals surface area contributed by atoms with E-state index in [2.05, 4.69) is 5.32 Å². The summed E-state index contributed by atoms with van der Waals surface area (Å²) in [5, 5.41) is 2.98. The highest BCUT2D eigenvalue weighted by molar-refractivity contribution is 5.85. The molecule has 0 saturated carbocycles. The van der Waals surface area contributed by atoms with E-state index >= 15 is 0 Å². The van der Waals surface area contributed by atoms with E-state index in [1.807, 2.05) is 0 Å². The summed E-state index contributed by atoms with van der Waals surface area (Å²) in [6.07, 6.45) is -4.31. The molecule has 6 heteroatoms. The first-order chi connectivity index (χ1) is 7.34. The summed E-state index contributed by atoms with van der Waals surface area (Å²) in [5.74, 6) is 0. The lowest BCUT2D eigenvalue weighted by Crippen LogP contribution is -2.63. The molecular formula is C11H14ClF3N2. The van der Waals surface area contributed by atoms with Crippen molar-refractivity contribution in [3.8, 4) is 0 Å². The Hall–Kier alpha value is -0.780. The average Bonchev–Trinajstić information content (AvgIpc) is 2.13. The van der Waals surface area contributed by atoms with Gasteiger partial charge in [-0.2, -0.15) is 13.2 Å². The Morgan fingerprint density at radius 1 is 1.29 bits per heavy atom. The van der Waals surface area contributed by atoms with Gasteiger partial charge in [-0.25, -0.2) is 0 Å². The third-order valence-electron chi connectivity index (χ3n) is 3.06. The molecule has 0 aromatic heterocycles. The van der Waals surface area contributed by atoms with E-state index < -0.39 is 17.3 Å². The Morgan fingerprint density at radius 2 is 1.88 bits per heavy atom. The zero-order valence-corrected chi connectivity index (χ0v) is 10.1. The van der Waals surface area contributed by atoms with Crippen LogP contribution in [0.1, 0.15) is 16.7 Å². The van der Waals surface area contributed by atoms with E-state index in [-0.39, 0.29) is 18.0 Å². The smallest absolute Gasteiger partial charge is 0.319 e. The number of nitrogens with one attached hydrogen (secondary N) is 1. The Morgan fingerprint density at radius 3 is 2.29 bits per heavy atom. The molecular weight excluding hydrogens is 253 g/mol. The maximum atomic E-state index is 12.7. The number of hydrogen-bond donors (Lipinski definition) is 2. The summed E-state index contributed by atoms with van der Waals surface area (Å²) in [6, 6.07) is 4.18. The molecule has 0 unspecified atom stereocenters. The van der Waals surface area contributed by atoms with Gasteiger partial charge in [0.25, 0.3) is 0 Å². The van der Waals surface area contributed by atoms with Crippen molar-refractivity contribution >= 4 is 12.4 Å². The van der Waals surface area contributed by atoms with E-state index in [1.54, 1.807) is 6.07 Å². The van der Waals surface area contributed by atoms with E-state index in [4.69, 9.17) is 5.73 Å². The Labute approximate surface area is 104 Å². The van der Waals surface area contributed by atoms with Crippen molar-refractivity contribution < 1.29 is 13.2 Å². The van der Waals surface area contributed by atoms with Crippen LogP contribution in [0.15, 0.2) is 18.2 Å². The summed E-state index contributed by atoms with van der Waals surface area (Å²) in [4.78, 5) is 0. The van der Waals surface area contributed by atoms with Crippen LogP contribution in [0.25, 0.3) is 0 Å². The van der Waals surface area contributed by atoms with Crippen LogP contribution < -0.4 is 11.1 Å². The molecule has 17 heavy (non-hydrogen) atoms. The predicted molar refractivity (Wildman–Crippen MR) is 62.2 cm³/mol. The van der Waals surface area contributed by atoms with Crippen molar-refractivity contribution in [1.29, 1.82) is 0 Å². The lowest BCUT2D eigenvalue weighted by Gasteiger charge is -2.40. The molecule has 2 rings (SSSR count). The monoisotopic (exact) mass is 266 g/mol. The summed E-state index contributed by atoms with van der Waals surface area (Å²) >= 11 is 0. The summed E-state index contributed by atoms with van der Waals surface area (Å²) in [7, 11) is 0. The normalized spacial score (nSPS) is 18.2. The van der Waals surface area contributed by atoms with Gasteiger partial charge in [0.05, 0.1) is 11.1 Å². The fourth-order valence-corrected chi connectivity index (χ4v) is 2.07. The maximum absolute atomic E-state index is 12.7. The summed E-state index contributed by atoms with van der Waals surface area (Å²) in [5.41, 5.74) is 5.58. The SMILES string of the molecule is Cc1c(C(F)(F)F)cccc1C1(N)CNC1.Cl. The van der Waals surface area contributed by atoms with Gasteiger partial charge in [-0.1, -0.05) is 12.1 Å². The Balaban J connectivity index is 0.00000144. The second-order valence-corrected chi connectivity index (χ2v) is 4.24. The number of alkyl halides is 3. The third-order valence-corrected chi connectivity index (χ3v) is 3.06. The zero-order valence-electron chi connectivity index (χ0n) is 9.27. The Kier molecular flexibility index (Phi) is 3.76. The lowest BCUT2D eigenvalue weighted by atomic mass is 9.81. The standard InChI is InChI=1S/C11H13F3N2.ClH/c1-7-8(10(15)5-16-6-10)3-2-4-9(7)11(12,13)14;/h2-4,16H,5-6,15H2,1H3;1H. The van der Waals surface area contributed by atoms with Crippen LogP contribution in [-0.2, 0) is 11.7 Å². The van der Waals surface area contributed by atoms with Gasteiger partial charge in [-0.05, 0) is 24.1 Å². The van der Waals surface area contributed by atoms with Gasteiger partial charge < -0.3 is 11.1 Å². The first-order valence-corrected chi connectivity index (χ1v) is 5.01. The molecule has 1 aromatic carbocycles. The van der Waals surface area contributed by atoms with Crippen molar-refractivity contribution in [1.82, 2.24) is 5.32 Å². The molecule has 0 aliphatic carbocycles. The molecule has 3 N–H and O–H groups in total. The van der Waals surface area contributed by atoms with Gasteiger partial charge in [0.15, 0.2) is 0 Å². The van der Waals surface area contributed by atoms with Gasteiger partial charge in [0.1, 0.15) is 0 Å². The fraction of sp³-hybridized carbons (Fsp3) is 0.455. The maximum Gasteiger partial charge on any atom is 0.416 e. The first kappa shape index (κ1) is 14.3. The molecule has 1 saturated heterocycles. The first-order valence-electron chi connectivity index (χ1n) is 5.01. The minimum atomic E-state index is -4.31. The van der Waals surface area contributed by atoms with Gasteiger partial charge >= 0.3 is 6.18 Å². The molecule has 1 aliphatic rings. The fourth-order valence-electron chi connectivity index (χ4n) is 2.07.